The molecule has 1 heteroatoms. The Labute approximate surface area is 343 Å². The molecule has 0 amide bonds. The number of benzene rings is 9. The molecule has 9 aromatic carbocycles. The zero-order valence-corrected chi connectivity index (χ0v) is 33.0. The van der Waals surface area contributed by atoms with E-state index in [4.69, 9.17) is 0 Å². The Bertz CT molecular complexity index is 3440. The number of hydrogen-bond acceptors (Lipinski definition) is 1. The molecule has 0 fully saturated rings. The molecule has 59 heavy (non-hydrogen) atoms. The number of nitrogens with zero attached hydrogens (tertiary/aromatic N) is 1. The largest absolute Gasteiger partial charge is 0.310 e. The van der Waals surface area contributed by atoms with Gasteiger partial charge in [0.1, 0.15) is 0 Å². The second-order valence-corrected chi connectivity index (χ2v) is 17.2. The number of rotatable bonds is 2. The van der Waals surface area contributed by atoms with Gasteiger partial charge in [-0.3, -0.25) is 0 Å². The van der Waals surface area contributed by atoms with Crippen LogP contribution in [0.15, 0.2) is 200 Å². The van der Waals surface area contributed by atoms with E-state index in [0.717, 1.165) is 0 Å². The van der Waals surface area contributed by atoms with E-state index in [1.165, 1.54) is 115 Å². The van der Waals surface area contributed by atoms with E-state index >= 15 is 0 Å². The Morgan fingerprint density at radius 2 is 1.00 bits per heavy atom. The molecule has 0 radical (unpaired) electrons. The summed E-state index contributed by atoms with van der Waals surface area (Å²) in [4.78, 5) is 2.45. The van der Waals surface area contributed by atoms with Gasteiger partial charge < -0.3 is 4.90 Å². The molecule has 1 heterocycles. The quantitative estimate of drug-likeness (QED) is 0.159. The van der Waals surface area contributed by atoms with Crippen molar-refractivity contribution >= 4 is 61.0 Å². The number of fused-ring (bicyclic) bond motifs is 16. The number of para-hydroxylation sites is 2. The van der Waals surface area contributed by atoms with Gasteiger partial charge in [0.05, 0.1) is 16.8 Å². The molecule has 0 aromatic heterocycles. The summed E-state index contributed by atoms with van der Waals surface area (Å²) >= 11 is 0. The molecule has 0 atom stereocenters. The molecule has 1 spiro atoms. The lowest BCUT2D eigenvalue weighted by molar-refractivity contribution is 0.632. The van der Waals surface area contributed by atoms with Crippen molar-refractivity contribution in [2.45, 2.75) is 24.7 Å². The average molecular weight is 750 g/mol. The van der Waals surface area contributed by atoms with Crippen LogP contribution >= 0.6 is 0 Å². The second kappa shape index (κ2) is 11.7. The predicted molar refractivity (Wildman–Crippen MR) is 248 cm³/mol. The lowest BCUT2D eigenvalue weighted by Crippen LogP contribution is -2.33. The van der Waals surface area contributed by atoms with Crippen molar-refractivity contribution in [2.24, 2.45) is 0 Å². The van der Waals surface area contributed by atoms with Crippen molar-refractivity contribution in [3.05, 3.63) is 232 Å². The van der Waals surface area contributed by atoms with Crippen LogP contribution in [0.4, 0.5) is 17.1 Å². The highest BCUT2D eigenvalue weighted by molar-refractivity contribution is 6.26. The maximum atomic E-state index is 2.52. The zero-order valence-electron chi connectivity index (χ0n) is 33.0. The van der Waals surface area contributed by atoms with Gasteiger partial charge in [-0.1, -0.05) is 166 Å². The van der Waals surface area contributed by atoms with Crippen LogP contribution in [0, 0.1) is 0 Å². The van der Waals surface area contributed by atoms with Gasteiger partial charge in [-0.2, -0.15) is 0 Å². The summed E-state index contributed by atoms with van der Waals surface area (Å²) in [7, 11) is 0. The van der Waals surface area contributed by atoms with Gasteiger partial charge in [0.25, 0.3) is 0 Å². The van der Waals surface area contributed by atoms with Crippen LogP contribution in [0.25, 0.3) is 66.2 Å². The molecule has 0 saturated carbocycles. The molecule has 4 aliphatic rings. The third-order valence-electron chi connectivity index (χ3n) is 14.0. The lowest BCUT2D eigenvalue weighted by atomic mass is 9.67. The van der Waals surface area contributed by atoms with E-state index in [1.54, 1.807) is 0 Å². The Hall–Kier alpha value is -7.22. The summed E-state index contributed by atoms with van der Waals surface area (Å²) in [6.45, 7) is 4.69. The van der Waals surface area contributed by atoms with Crippen LogP contribution < -0.4 is 15.3 Å². The van der Waals surface area contributed by atoms with Crippen LogP contribution in [-0.4, -0.2) is 0 Å². The Balaban J connectivity index is 1.03. The summed E-state index contributed by atoms with van der Waals surface area (Å²) in [6.07, 6.45) is 9.47. The third kappa shape index (κ3) is 4.29. The minimum absolute atomic E-state index is 0.0989. The van der Waals surface area contributed by atoms with Crippen molar-refractivity contribution in [2.75, 3.05) is 4.90 Å². The van der Waals surface area contributed by atoms with E-state index in [9.17, 15) is 0 Å². The van der Waals surface area contributed by atoms with Crippen LogP contribution in [0.3, 0.4) is 0 Å². The van der Waals surface area contributed by atoms with Crippen LogP contribution in [-0.2, 0) is 10.8 Å². The Morgan fingerprint density at radius 3 is 1.69 bits per heavy atom. The van der Waals surface area contributed by atoms with E-state index in [1.807, 2.05) is 0 Å². The van der Waals surface area contributed by atoms with Gasteiger partial charge in [-0.25, -0.2) is 0 Å². The summed E-state index contributed by atoms with van der Waals surface area (Å²) < 4.78 is 0. The molecular weight excluding hydrogens is 711 g/mol. The summed E-state index contributed by atoms with van der Waals surface area (Å²) in [6, 6.07) is 66.1. The Morgan fingerprint density at radius 1 is 0.441 bits per heavy atom. The monoisotopic (exact) mass is 749 g/mol. The minimum atomic E-state index is -0.345. The second-order valence-electron chi connectivity index (χ2n) is 17.2. The highest BCUT2D eigenvalue weighted by Gasteiger charge is 2.46. The minimum Gasteiger partial charge on any atom is -0.310 e. The molecule has 13 rings (SSSR count). The van der Waals surface area contributed by atoms with Crippen molar-refractivity contribution in [3.63, 3.8) is 0 Å². The molecule has 276 valence electrons. The topological polar surface area (TPSA) is 3.24 Å². The normalized spacial score (nSPS) is 16.0. The maximum Gasteiger partial charge on any atom is 0.0659 e. The lowest BCUT2D eigenvalue weighted by Gasteiger charge is -2.42. The highest BCUT2D eigenvalue weighted by atomic mass is 15.2. The first-order chi connectivity index (χ1) is 29.0. The van der Waals surface area contributed by atoms with Crippen LogP contribution in [0.1, 0.15) is 36.1 Å². The fourth-order valence-corrected chi connectivity index (χ4v) is 11.4. The molecule has 9 aromatic rings. The fourth-order valence-electron chi connectivity index (χ4n) is 11.4. The van der Waals surface area contributed by atoms with Gasteiger partial charge in [-0.15, -0.1) is 0 Å². The van der Waals surface area contributed by atoms with E-state index in [2.05, 4.69) is 219 Å². The van der Waals surface area contributed by atoms with Gasteiger partial charge in [-0.05, 0) is 147 Å². The Kier molecular flexibility index (Phi) is 6.50. The molecule has 1 nitrogen and oxygen atoms in total. The SMILES string of the molecule is CC1(C)c2ccccc2N(c2cccc(-c3ccc4c(c3)c3ccccc3c3cc5c(cc43)=C3C(=CC=CC34c3ccccc3-c3ccccc34)C=5)c2)c2ccccc21. The van der Waals surface area contributed by atoms with Crippen LogP contribution in [0.5, 0.6) is 0 Å². The van der Waals surface area contributed by atoms with Gasteiger partial charge in [0, 0.05) is 11.1 Å². The summed E-state index contributed by atoms with van der Waals surface area (Å²) in [5.41, 5.74) is 16.4. The summed E-state index contributed by atoms with van der Waals surface area (Å²) in [5.74, 6) is 0. The number of hydrogen-bond donors (Lipinski definition) is 0. The zero-order chi connectivity index (χ0) is 39.0. The van der Waals surface area contributed by atoms with Gasteiger partial charge >= 0.3 is 0 Å². The first-order valence-corrected chi connectivity index (χ1v) is 20.8. The average Bonchev–Trinajstić information content (AvgIpc) is 3.79. The first-order valence-electron chi connectivity index (χ1n) is 20.8. The maximum absolute atomic E-state index is 2.52. The van der Waals surface area contributed by atoms with Crippen LogP contribution in [0.2, 0.25) is 0 Å². The number of allylic oxidation sites excluding steroid dienone is 4. The van der Waals surface area contributed by atoms with E-state index in [-0.39, 0.29) is 10.8 Å². The molecular formula is C58H39N. The van der Waals surface area contributed by atoms with E-state index < -0.39 is 0 Å². The molecule has 0 saturated heterocycles. The first kappa shape index (κ1) is 32.8. The van der Waals surface area contributed by atoms with Gasteiger partial charge in [0.2, 0.25) is 0 Å². The predicted octanol–water partition coefficient (Wildman–Crippen LogP) is 13.3. The highest BCUT2D eigenvalue weighted by Crippen LogP contribution is 2.57. The van der Waals surface area contributed by atoms with Crippen molar-refractivity contribution in [1.29, 1.82) is 0 Å². The van der Waals surface area contributed by atoms with E-state index in [0.29, 0.717) is 0 Å². The number of anilines is 3. The standard InChI is InChI=1S/C58H39N/c1-57(2)52-24-9-11-26-54(52)59(55-27-12-10-25-53(55)57)40-17-13-15-36(32-40)37-28-29-43-47(33-37)41-18-3-4-19-42(41)48-34-39-31-38-16-14-30-58(56(38)46(39)35-49(43)48)50-22-7-5-20-44(50)45-21-6-8-23-51(45)58/h3-35H,1-2H3. The molecule has 0 bridgehead atoms. The molecule has 0 N–H and O–H groups in total. The van der Waals surface area contributed by atoms with Gasteiger partial charge in [0.15, 0.2) is 0 Å². The smallest absolute Gasteiger partial charge is 0.0659 e. The molecule has 1 aliphatic heterocycles. The summed E-state index contributed by atoms with van der Waals surface area (Å²) in [5, 5.41) is 10.4. The molecule has 0 unspecified atom stereocenters. The molecule has 3 aliphatic carbocycles. The van der Waals surface area contributed by atoms with Crippen molar-refractivity contribution < 1.29 is 0 Å². The van der Waals surface area contributed by atoms with Crippen molar-refractivity contribution in [3.8, 4) is 22.3 Å². The fraction of sp³-hybridized carbons (Fsp3) is 0.0690. The third-order valence-corrected chi connectivity index (χ3v) is 14.0. The van der Waals surface area contributed by atoms with Crippen molar-refractivity contribution in [1.82, 2.24) is 0 Å².